The number of thiazole rings is 1. The monoisotopic (exact) mass is 434 g/mol. The van der Waals surface area contributed by atoms with Gasteiger partial charge in [-0.1, -0.05) is 68.4 Å². The van der Waals surface area contributed by atoms with Gasteiger partial charge >= 0.3 is 6.03 Å². The Morgan fingerprint density at radius 1 is 1.10 bits per heavy atom. The molecule has 2 aromatic carbocycles. The lowest BCUT2D eigenvalue weighted by atomic mass is 9.87. The lowest BCUT2D eigenvalue weighted by Crippen LogP contribution is -2.48. The Labute approximate surface area is 184 Å². The summed E-state index contributed by atoms with van der Waals surface area (Å²) in [6, 6.07) is 16.3. The van der Waals surface area contributed by atoms with Crippen LogP contribution in [0.2, 0.25) is 0 Å². The van der Waals surface area contributed by atoms with Crippen LogP contribution < -0.4 is 10.7 Å². The highest BCUT2D eigenvalue weighted by molar-refractivity contribution is 7.13. The first-order valence-corrected chi connectivity index (χ1v) is 10.9. The van der Waals surface area contributed by atoms with E-state index >= 15 is 0 Å². The molecule has 1 aliphatic heterocycles. The van der Waals surface area contributed by atoms with E-state index in [1.807, 2.05) is 37.3 Å². The average Bonchev–Trinajstić information content (AvgIpc) is 3.39. The Balaban J connectivity index is 1.53. The number of hydrazine groups is 1. The number of carbonyl (C=O) groups is 3. The third-order valence-corrected chi connectivity index (χ3v) is 6.34. The predicted molar refractivity (Wildman–Crippen MR) is 118 cm³/mol. The molecule has 1 saturated heterocycles. The highest BCUT2D eigenvalue weighted by Gasteiger charge is 2.52. The second kappa shape index (κ2) is 8.31. The van der Waals surface area contributed by atoms with E-state index in [2.05, 4.69) is 22.7 Å². The van der Waals surface area contributed by atoms with Gasteiger partial charge in [-0.25, -0.2) is 9.78 Å². The quantitative estimate of drug-likeness (QED) is 0.576. The van der Waals surface area contributed by atoms with Crippen LogP contribution in [0.15, 0.2) is 60.0 Å². The van der Waals surface area contributed by atoms with Crippen molar-refractivity contribution in [2.45, 2.75) is 32.2 Å². The van der Waals surface area contributed by atoms with Crippen LogP contribution in [0.5, 0.6) is 0 Å². The van der Waals surface area contributed by atoms with E-state index in [0.29, 0.717) is 17.0 Å². The number of aromatic nitrogens is 1. The first-order chi connectivity index (χ1) is 15.0. The van der Waals surface area contributed by atoms with Crippen molar-refractivity contribution < 1.29 is 14.4 Å². The van der Waals surface area contributed by atoms with E-state index in [4.69, 9.17) is 0 Å². The minimum atomic E-state index is -1.21. The van der Waals surface area contributed by atoms with Gasteiger partial charge in [0.05, 0.1) is 0 Å². The molecule has 2 heterocycles. The van der Waals surface area contributed by atoms with Crippen LogP contribution in [0.1, 0.15) is 41.9 Å². The van der Waals surface area contributed by atoms with E-state index in [-0.39, 0.29) is 5.69 Å². The van der Waals surface area contributed by atoms with E-state index in [1.165, 1.54) is 16.9 Å². The van der Waals surface area contributed by atoms with Gasteiger partial charge in [0, 0.05) is 10.9 Å². The third-order valence-electron chi connectivity index (χ3n) is 5.45. The molecular formula is C23H22N4O3S. The van der Waals surface area contributed by atoms with Gasteiger partial charge in [-0.3, -0.25) is 15.0 Å². The predicted octanol–water partition coefficient (Wildman–Crippen LogP) is 3.87. The Hall–Kier alpha value is -3.52. The molecule has 1 aliphatic rings. The zero-order valence-electron chi connectivity index (χ0n) is 17.2. The summed E-state index contributed by atoms with van der Waals surface area (Å²) in [5, 5.41) is 5.78. The molecule has 3 aromatic rings. The fraction of sp³-hybridized carbons (Fsp3) is 0.217. The van der Waals surface area contributed by atoms with Crippen molar-refractivity contribution in [1.82, 2.24) is 20.7 Å². The van der Waals surface area contributed by atoms with E-state index in [1.54, 1.807) is 29.6 Å². The smallest absolute Gasteiger partial charge is 0.318 e. The lowest BCUT2D eigenvalue weighted by Gasteiger charge is -2.25. The van der Waals surface area contributed by atoms with Crippen molar-refractivity contribution >= 4 is 29.2 Å². The van der Waals surface area contributed by atoms with Crippen LogP contribution in [-0.2, 0) is 16.8 Å². The van der Waals surface area contributed by atoms with Crippen molar-refractivity contribution in [3.63, 3.8) is 0 Å². The average molecular weight is 435 g/mol. The Morgan fingerprint density at radius 3 is 2.45 bits per heavy atom. The van der Waals surface area contributed by atoms with Crippen LogP contribution in [0.3, 0.4) is 0 Å². The number of urea groups is 1. The number of nitrogens with zero attached hydrogens (tertiary/aromatic N) is 2. The van der Waals surface area contributed by atoms with Crippen molar-refractivity contribution in [2.24, 2.45) is 0 Å². The molecule has 4 rings (SSSR count). The second-order valence-corrected chi connectivity index (χ2v) is 8.08. The maximum Gasteiger partial charge on any atom is 0.344 e. The van der Waals surface area contributed by atoms with E-state index in [0.717, 1.165) is 17.0 Å². The molecule has 31 heavy (non-hydrogen) atoms. The second-order valence-electron chi connectivity index (χ2n) is 7.22. The molecule has 0 spiro atoms. The van der Waals surface area contributed by atoms with Gasteiger partial charge in [-0.2, -0.15) is 5.01 Å². The van der Waals surface area contributed by atoms with E-state index < -0.39 is 23.4 Å². The number of hydrogen-bond acceptors (Lipinski definition) is 5. The van der Waals surface area contributed by atoms with Crippen LogP contribution in [-0.4, -0.2) is 27.8 Å². The molecular weight excluding hydrogens is 412 g/mol. The molecule has 1 atom stereocenters. The van der Waals surface area contributed by atoms with E-state index in [9.17, 15) is 14.4 Å². The topological polar surface area (TPSA) is 91.4 Å². The maximum absolute atomic E-state index is 13.1. The number of amides is 4. The molecule has 2 N–H and O–H groups in total. The third kappa shape index (κ3) is 3.70. The summed E-state index contributed by atoms with van der Waals surface area (Å²) in [5.41, 5.74) is 4.14. The molecule has 0 bridgehead atoms. The minimum Gasteiger partial charge on any atom is -0.318 e. The van der Waals surface area contributed by atoms with Gasteiger partial charge in [0.15, 0.2) is 0 Å². The number of carbonyl (C=O) groups excluding carboxylic acids is 3. The Bertz CT molecular complexity index is 1130. The Kier molecular flexibility index (Phi) is 5.56. The first kappa shape index (κ1) is 20.7. The van der Waals surface area contributed by atoms with Gasteiger partial charge in [0.1, 0.15) is 16.2 Å². The molecule has 4 amide bonds. The van der Waals surface area contributed by atoms with Crippen LogP contribution in [0, 0.1) is 0 Å². The standard InChI is InChI=1S/C23H22N4O3S/c1-3-15-10-12-16(13-11-15)20-24-18(14-31-20)19(28)26-27-21(29)23(4-2,25-22(27)30)17-8-6-5-7-9-17/h5-14H,3-4H2,1-2H3,(H,25,30)(H,26,28). The van der Waals surface area contributed by atoms with Crippen molar-refractivity contribution in [3.05, 3.63) is 76.8 Å². The van der Waals surface area contributed by atoms with Crippen molar-refractivity contribution in [3.8, 4) is 10.6 Å². The van der Waals surface area contributed by atoms with Gasteiger partial charge in [-0.05, 0) is 24.0 Å². The van der Waals surface area contributed by atoms with Crippen LogP contribution >= 0.6 is 11.3 Å². The fourth-order valence-corrected chi connectivity index (χ4v) is 4.40. The Morgan fingerprint density at radius 2 is 1.81 bits per heavy atom. The molecule has 1 aromatic heterocycles. The van der Waals surface area contributed by atoms with Gasteiger partial charge in [-0.15, -0.1) is 11.3 Å². The molecule has 1 unspecified atom stereocenters. The van der Waals surface area contributed by atoms with Gasteiger partial charge < -0.3 is 5.32 Å². The minimum absolute atomic E-state index is 0.147. The summed E-state index contributed by atoms with van der Waals surface area (Å²) < 4.78 is 0. The molecule has 8 heteroatoms. The summed E-state index contributed by atoms with van der Waals surface area (Å²) in [6.07, 6.45) is 1.29. The number of nitrogens with one attached hydrogen (secondary N) is 2. The molecule has 0 saturated carbocycles. The molecule has 0 radical (unpaired) electrons. The summed E-state index contributed by atoms with van der Waals surface area (Å²) in [6.45, 7) is 3.90. The number of rotatable bonds is 6. The largest absolute Gasteiger partial charge is 0.344 e. The van der Waals surface area contributed by atoms with Crippen LogP contribution in [0.4, 0.5) is 4.79 Å². The number of imide groups is 1. The first-order valence-electron chi connectivity index (χ1n) is 10.1. The highest BCUT2D eigenvalue weighted by atomic mass is 32.1. The number of benzene rings is 2. The van der Waals surface area contributed by atoms with Gasteiger partial charge in [0.25, 0.3) is 11.8 Å². The number of aryl methyl sites for hydroxylation is 1. The maximum atomic E-state index is 13.1. The summed E-state index contributed by atoms with van der Waals surface area (Å²) in [5.74, 6) is -1.14. The van der Waals surface area contributed by atoms with Crippen molar-refractivity contribution in [1.29, 1.82) is 0 Å². The molecule has 158 valence electrons. The molecule has 1 fully saturated rings. The van der Waals surface area contributed by atoms with Crippen molar-refractivity contribution in [2.75, 3.05) is 0 Å². The van der Waals surface area contributed by atoms with Crippen LogP contribution in [0.25, 0.3) is 10.6 Å². The summed E-state index contributed by atoms with van der Waals surface area (Å²) >= 11 is 1.33. The highest BCUT2D eigenvalue weighted by Crippen LogP contribution is 2.31. The summed E-state index contributed by atoms with van der Waals surface area (Å²) in [7, 11) is 0. The SMILES string of the molecule is CCc1ccc(-c2nc(C(=O)NN3C(=O)NC(CC)(c4ccccc4)C3=O)cs2)cc1. The fourth-order valence-electron chi connectivity index (χ4n) is 3.59. The lowest BCUT2D eigenvalue weighted by molar-refractivity contribution is -0.133. The van der Waals surface area contributed by atoms with Gasteiger partial charge in [0.2, 0.25) is 0 Å². The normalized spacial score (nSPS) is 18.2. The molecule has 0 aliphatic carbocycles. The zero-order chi connectivity index (χ0) is 22.0. The zero-order valence-corrected chi connectivity index (χ0v) is 18.0. The number of hydrogen-bond donors (Lipinski definition) is 2. The summed E-state index contributed by atoms with van der Waals surface area (Å²) in [4.78, 5) is 42.8. The molecule has 7 nitrogen and oxygen atoms in total.